The van der Waals surface area contributed by atoms with Gasteiger partial charge in [0.05, 0.1) is 10.7 Å². The molecule has 4 aromatic heterocycles. The highest BCUT2D eigenvalue weighted by Gasteiger charge is 2.17. The van der Waals surface area contributed by atoms with Crippen LogP contribution in [-0.2, 0) is 0 Å². The van der Waals surface area contributed by atoms with Crippen molar-refractivity contribution in [1.29, 1.82) is 0 Å². The molecule has 0 spiro atoms. The van der Waals surface area contributed by atoms with E-state index in [1.807, 2.05) is 41.8 Å². The quantitative estimate of drug-likeness (QED) is 0.391. The molecule has 6 aromatic rings. The van der Waals surface area contributed by atoms with Crippen LogP contribution in [0.2, 0.25) is 5.02 Å². The zero-order chi connectivity index (χ0) is 22.4. The maximum absolute atomic E-state index is 13.4. The van der Waals surface area contributed by atoms with Crippen molar-refractivity contribution in [2.24, 2.45) is 0 Å². The van der Waals surface area contributed by atoms with E-state index in [2.05, 4.69) is 25.3 Å². The molecule has 0 saturated heterocycles. The monoisotopic (exact) mass is 471 g/mol. The van der Waals surface area contributed by atoms with Gasteiger partial charge in [-0.05, 0) is 36.4 Å². The maximum Gasteiger partial charge on any atom is 0.270 e. The summed E-state index contributed by atoms with van der Waals surface area (Å²) >= 11 is 7.95. The number of benzene rings is 2. The molecule has 0 aliphatic heterocycles. The van der Waals surface area contributed by atoms with Crippen LogP contribution in [0.1, 0.15) is 0 Å². The van der Waals surface area contributed by atoms with Gasteiger partial charge in [0.1, 0.15) is 10.4 Å². The molecule has 0 fully saturated rings. The molecule has 0 amide bonds. The second-order valence-corrected chi connectivity index (χ2v) is 8.46. The number of halogens is 1. The Morgan fingerprint density at radius 1 is 0.970 bits per heavy atom. The number of anilines is 2. The fraction of sp³-hybridized carbons (Fsp3) is 0. The zero-order valence-corrected chi connectivity index (χ0v) is 18.5. The van der Waals surface area contributed by atoms with Gasteiger partial charge in [-0.1, -0.05) is 23.7 Å². The third-order valence-electron chi connectivity index (χ3n) is 5.17. The van der Waals surface area contributed by atoms with Crippen LogP contribution in [0.25, 0.3) is 33.1 Å². The van der Waals surface area contributed by atoms with Crippen LogP contribution in [-0.4, -0.2) is 28.9 Å². The average molecular weight is 472 g/mol. The third kappa shape index (κ3) is 3.34. The van der Waals surface area contributed by atoms with E-state index >= 15 is 0 Å². The Hall–Kier alpha value is -4.08. The molecule has 4 heterocycles. The first kappa shape index (κ1) is 19.6. The summed E-state index contributed by atoms with van der Waals surface area (Å²) in [5.41, 5.74) is 2.56. The minimum atomic E-state index is -0.295. The lowest BCUT2D eigenvalue weighted by atomic mass is 10.2. The molecule has 160 valence electrons. The number of imidazole rings is 1. The topological polar surface area (TPSA) is 90.0 Å². The van der Waals surface area contributed by atoms with Crippen molar-refractivity contribution in [3.8, 4) is 16.3 Å². The summed E-state index contributed by atoms with van der Waals surface area (Å²) in [5, 5.41) is 6.90. The van der Waals surface area contributed by atoms with Crippen LogP contribution in [0.15, 0.2) is 83.5 Å². The van der Waals surface area contributed by atoms with Crippen LogP contribution in [0, 0.1) is 0 Å². The number of para-hydroxylation sites is 1. The Balaban J connectivity index is 1.44. The molecule has 0 aliphatic rings. The Labute approximate surface area is 195 Å². The second-order valence-electron chi connectivity index (χ2n) is 7.16. The van der Waals surface area contributed by atoms with E-state index in [1.165, 1.54) is 10.8 Å². The molecular formula is C23H14ClN7OS. The number of nitrogens with zero attached hydrogens (tertiary/aromatic N) is 6. The molecule has 0 atom stereocenters. The number of thiazole rings is 1. The standard InChI is InChI=1S/C23H14ClN7OS/c24-17-3-1-2-4-18(17)31-21(32)16-13-27-22(29-19(16)30-11-9-26-23(30)31)28-15-7-5-14(6-8-15)20-25-10-12-33-20/h1-13H,(H,27,28,29). The number of aromatic nitrogens is 6. The van der Waals surface area contributed by atoms with E-state index in [4.69, 9.17) is 11.6 Å². The second kappa shape index (κ2) is 7.80. The van der Waals surface area contributed by atoms with E-state index in [9.17, 15) is 4.79 Å². The van der Waals surface area contributed by atoms with Gasteiger partial charge in [0.15, 0.2) is 5.65 Å². The fourth-order valence-corrected chi connectivity index (χ4v) is 4.51. The molecule has 0 radical (unpaired) electrons. The van der Waals surface area contributed by atoms with Crippen molar-refractivity contribution >= 4 is 51.4 Å². The highest BCUT2D eigenvalue weighted by atomic mass is 35.5. The average Bonchev–Trinajstić information content (AvgIpc) is 3.54. The summed E-state index contributed by atoms with van der Waals surface area (Å²) < 4.78 is 3.22. The molecule has 0 unspecified atom stereocenters. The summed E-state index contributed by atoms with van der Waals surface area (Å²) in [6.07, 6.45) is 6.67. The van der Waals surface area contributed by atoms with Gasteiger partial charge in [0.25, 0.3) is 5.56 Å². The van der Waals surface area contributed by atoms with Crippen LogP contribution in [0.5, 0.6) is 0 Å². The summed E-state index contributed by atoms with van der Waals surface area (Å²) in [7, 11) is 0. The zero-order valence-electron chi connectivity index (χ0n) is 16.9. The summed E-state index contributed by atoms with van der Waals surface area (Å²) in [5.74, 6) is 0.785. The minimum absolute atomic E-state index is 0.295. The lowest BCUT2D eigenvalue weighted by Gasteiger charge is -2.12. The molecule has 33 heavy (non-hydrogen) atoms. The molecule has 1 N–H and O–H groups in total. The van der Waals surface area contributed by atoms with Gasteiger partial charge < -0.3 is 5.32 Å². The van der Waals surface area contributed by atoms with Crippen LogP contribution in [0.3, 0.4) is 0 Å². The van der Waals surface area contributed by atoms with Gasteiger partial charge in [-0.25, -0.2) is 19.5 Å². The molecule has 10 heteroatoms. The highest BCUT2D eigenvalue weighted by molar-refractivity contribution is 7.13. The van der Waals surface area contributed by atoms with Gasteiger partial charge in [-0.3, -0.25) is 9.20 Å². The predicted octanol–water partition coefficient (Wildman–Crippen LogP) is 4.95. The molecule has 6 rings (SSSR count). The summed E-state index contributed by atoms with van der Waals surface area (Å²) in [6.45, 7) is 0. The maximum atomic E-state index is 13.4. The number of nitrogens with one attached hydrogen (secondary N) is 1. The SMILES string of the molecule is O=c1c2cnc(Nc3ccc(-c4nccs4)cc3)nc2n2ccnc2n1-c1ccccc1Cl. The van der Waals surface area contributed by atoms with Crippen LogP contribution in [0.4, 0.5) is 11.6 Å². The molecule has 0 aliphatic carbocycles. The first-order valence-electron chi connectivity index (χ1n) is 9.96. The minimum Gasteiger partial charge on any atom is -0.324 e. The number of hydrogen-bond donors (Lipinski definition) is 1. The Kier molecular flexibility index (Phi) is 4.63. The first-order chi connectivity index (χ1) is 16.2. The molecule has 8 nitrogen and oxygen atoms in total. The van der Waals surface area contributed by atoms with Crippen molar-refractivity contribution in [3.63, 3.8) is 0 Å². The fourth-order valence-electron chi connectivity index (χ4n) is 3.65. The molecular weight excluding hydrogens is 458 g/mol. The highest BCUT2D eigenvalue weighted by Crippen LogP contribution is 2.25. The normalized spacial score (nSPS) is 11.3. The summed E-state index contributed by atoms with van der Waals surface area (Å²) in [4.78, 5) is 31.0. The third-order valence-corrected chi connectivity index (χ3v) is 6.31. The van der Waals surface area contributed by atoms with Gasteiger partial charge >= 0.3 is 0 Å². The van der Waals surface area contributed by atoms with E-state index in [0.29, 0.717) is 33.5 Å². The number of rotatable bonds is 4. The predicted molar refractivity (Wildman–Crippen MR) is 130 cm³/mol. The lowest BCUT2D eigenvalue weighted by Crippen LogP contribution is -2.22. The molecule has 2 aromatic carbocycles. The van der Waals surface area contributed by atoms with E-state index in [0.717, 1.165) is 16.3 Å². The van der Waals surface area contributed by atoms with Crippen molar-refractivity contribution < 1.29 is 0 Å². The van der Waals surface area contributed by atoms with E-state index in [1.54, 1.807) is 46.5 Å². The molecule has 0 saturated carbocycles. The smallest absolute Gasteiger partial charge is 0.270 e. The Bertz CT molecular complexity index is 1670. The van der Waals surface area contributed by atoms with Gasteiger partial charge in [-0.15, -0.1) is 11.3 Å². The number of hydrogen-bond acceptors (Lipinski definition) is 7. The number of fused-ring (bicyclic) bond motifs is 3. The Morgan fingerprint density at radius 3 is 2.61 bits per heavy atom. The van der Waals surface area contributed by atoms with Gasteiger partial charge in [0, 0.05) is 41.4 Å². The van der Waals surface area contributed by atoms with Crippen molar-refractivity contribution in [2.75, 3.05) is 5.32 Å². The molecule has 0 bridgehead atoms. The van der Waals surface area contributed by atoms with Crippen molar-refractivity contribution in [3.05, 3.63) is 94.1 Å². The lowest BCUT2D eigenvalue weighted by molar-refractivity contribution is 0.961. The summed E-state index contributed by atoms with van der Waals surface area (Å²) in [6, 6.07) is 15.0. The van der Waals surface area contributed by atoms with Crippen molar-refractivity contribution in [2.45, 2.75) is 0 Å². The Morgan fingerprint density at radius 2 is 1.82 bits per heavy atom. The van der Waals surface area contributed by atoms with Gasteiger partial charge in [-0.2, -0.15) is 4.98 Å². The van der Waals surface area contributed by atoms with Crippen molar-refractivity contribution in [1.82, 2.24) is 28.9 Å². The largest absolute Gasteiger partial charge is 0.324 e. The van der Waals surface area contributed by atoms with E-state index in [-0.39, 0.29) is 5.56 Å². The first-order valence-corrected chi connectivity index (χ1v) is 11.2. The van der Waals surface area contributed by atoms with Gasteiger partial charge in [0.2, 0.25) is 11.7 Å². The van der Waals surface area contributed by atoms with Crippen LogP contribution < -0.4 is 10.9 Å². The van der Waals surface area contributed by atoms with Crippen LogP contribution >= 0.6 is 22.9 Å². The van der Waals surface area contributed by atoms with E-state index < -0.39 is 0 Å².